The van der Waals surface area contributed by atoms with Crippen molar-refractivity contribution in [3.63, 3.8) is 0 Å². The van der Waals surface area contributed by atoms with Gasteiger partial charge in [-0.25, -0.2) is 4.98 Å². The smallest absolute Gasteiger partial charge is 0.223 e. The largest absolute Gasteiger partial charge is 0.353 e. The second kappa shape index (κ2) is 5.95. The highest BCUT2D eigenvalue weighted by Crippen LogP contribution is 2.58. The van der Waals surface area contributed by atoms with Crippen LogP contribution in [0, 0.1) is 11.3 Å². The van der Waals surface area contributed by atoms with Crippen LogP contribution in [0.5, 0.6) is 0 Å². The van der Waals surface area contributed by atoms with Gasteiger partial charge in [0.2, 0.25) is 5.91 Å². The maximum atomic E-state index is 12.6. The van der Waals surface area contributed by atoms with Crippen molar-refractivity contribution < 1.29 is 4.79 Å². The van der Waals surface area contributed by atoms with Gasteiger partial charge < -0.3 is 15.5 Å². The highest BCUT2D eigenvalue weighted by Gasteiger charge is 2.57. The number of carbonyl (C=O) groups excluding carboxylic acids is 1. The lowest BCUT2D eigenvalue weighted by Gasteiger charge is -2.24. The van der Waals surface area contributed by atoms with Crippen molar-refractivity contribution in [2.45, 2.75) is 31.7 Å². The summed E-state index contributed by atoms with van der Waals surface area (Å²) in [5.74, 6) is 1.31. The lowest BCUT2D eigenvalue weighted by Crippen LogP contribution is -2.40. The number of pyridine rings is 1. The maximum Gasteiger partial charge on any atom is 0.223 e. The number of hydrogen-bond acceptors (Lipinski definition) is 4. The molecule has 1 aliphatic carbocycles. The van der Waals surface area contributed by atoms with E-state index in [1.54, 1.807) is 6.20 Å². The van der Waals surface area contributed by atoms with Crippen molar-refractivity contribution in [3.05, 3.63) is 23.4 Å². The molecule has 1 amide bonds. The molecular weight excluding hydrogens is 312 g/mol. The quantitative estimate of drug-likeness (QED) is 0.885. The van der Waals surface area contributed by atoms with Crippen molar-refractivity contribution in [3.8, 4) is 0 Å². The van der Waals surface area contributed by atoms with Crippen LogP contribution in [0.3, 0.4) is 0 Å². The molecule has 1 saturated carbocycles. The average Bonchev–Trinajstić information content (AvgIpc) is 3.04. The number of nitrogens with zero attached hydrogens (tertiary/aromatic N) is 2. The van der Waals surface area contributed by atoms with Gasteiger partial charge in [0.15, 0.2) is 0 Å². The highest BCUT2D eigenvalue weighted by molar-refractivity contribution is 6.32. The Kier molecular flexibility index (Phi) is 3.93. The number of hydrogen-bond donors (Lipinski definition) is 2. The average molecular weight is 335 g/mol. The third-order valence-electron chi connectivity index (χ3n) is 5.68. The molecule has 2 N–H and O–H groups in total. The highest BCUT2D eigenvalue weighted by atomic mass is 35.5. The van der Waals surface area contributed by atoms with Gasteiger partial charge in [-0.1, -0.05) is 11.6 Å². The molecule has 2 atom stereocenters. The van der Waals surface area contributed by atoms with E-state index >= 15 is 0 Å². The first-order valence-electron chi connectivity index (χ1n) is 8.54. The summed E-state index contributed by atoms with van der Waals surface area (Å²) in [7, 11) is 0. The lowest BCUT2D eigenvalue weighted by atomic mass is 9.91. The zero-order chi connectivity index (χ0) is 15.9. The number of nitrogens with one attached hydrogen (secondary N) is 2. The normalized spacial score (nSPS) is 28.8. The van der Waals surface area contributed by atoms with Crippen molar-refractivity contribution in [2.75, 3.05) is 31.1 Å². The van der Waals surface area contributed by atoms with Gasteiger partial charge in [-0.05, 0) is 56.3 Å². The zero-order valence-electron chi connectivity index (χ0n) is 13.2. The number of rotatable bonds is 3. The van der Waals surface area contributed by atoms with E-state index in [-0.39, 0.29) is 17.9 Å². The van der Waals surface area contributed by atoms with E-state index in [4.69, 9.17) is 11.6 Å². The summed E-state index contributed by atoms with van der Waals surface area (Å²) >= 11 is 6.22. The summed E-state index contributed by atoms with van der Waals surface area (Å²) in [6, 6.07) is 3.91. The first-order chi connectivity index (χ1) is 11.2. The first-order valence-corrected chi connectivity index (χ1v) is 8.92. The summed E-state index contributed by atoms with van der Waals surface area (Å²) in [6.45, 7) is 3.80. The summed E-state index contributed by atoms with van der Waals surface area (Å²) < 4.78 is 0. The van der Waals surface area contributed by atoms with Crippen LogP contribution >= 0.6 is 11.6 Å². The van der Waals surface area contributed by atoms with Gasteiger partial charge in [0.05, 0.1) is 5.02 Å². The fourth-order valence-corrected chi connectivity index (χ4v) is 4.42. The monoisotopic (exact) mass is 334 g/mol. The third kappa shape index (κ3) is 2.92. The minimum Gasteiger partial charge on any atom is -0.353 e. The molecule has 6 heteroatoms. The van der Waals surface area contributed by atoms with Crippen LogP contribution in [0.15, 0.2) is 18.3 Å². The number of anilines is 1. The SMILES string of the molecule is O=C(NC1CCN(c2ncccc2Cl)C1)C1CC12CCNCC2. The molecule has 1 spiro atoms. The number of amides is 1. The van der Waals surface area contributed by atoms with Crippen molar-refractivity contribution in [1.82, 2.24) is 15.6 Å². The van der Waals surface area contributed by atoms with Crippen LogP contribution < -0.4 is 15.5 Å². The topological polar surface area (TPSA) is 57.3 Å². The van der Waals surface area contributed by atoms with Crippen LogP contribution in [-0.4, -0.2) is 43.1 Å². The Morgan fingerprint density at radius 2 is 2.26 bits per heavy atom. The number of carbonyl (C=O) groups is 1. The Balaban J connectivity index is 1.33. The molecule has 124 valence electrons. The van der Waals surface area contributed by atoms with E-state index in [0.717, 1.165) is 57.7 Å². The van der Waals surface area contributed by atoms with E-state index in [0.29, 0.717) is 10.4 Å². The van der Waals surface area contributed by atoms with Crippen LogP contribution in [0.25, 0.3) is 0 Å². The van der Waals surface area contributed by atoms with E-state index in [2.05, 4.69) is 20.5 Å². The Morgan fingerprint density at radius 3 is 3.04 bits per heavy atom. The Hall–Kier alpha value is -1.33. The van der Waals surface area contributed by atoms with Gasteiger partial charge in [0.1, 0.15) is 5.82 Å². The predicted molar refractivity (Wildman–Crippen MR) is 90.7 cm³/mol. The minimum atomic E-state index is 0.208. The predicted octanol–water partition coefficient (Wildman–Crippen LogP) is 1.82. The molecule has 0 radical (unpaired) electrons. The summed E-state index contributed by atoms with van der Waals surface area (Å²) in [5, 5.41) is 7.32. The van der Waals surface area contributed by atoms with E-state index in [1.165, 1.54) is 0 Å². The molecule has 2 aliphatic heterocycles. The standard InChI is InChI=1S/C17H23ClN4O/c18-14-2-1-6-20-15(14)22-9-3-12(11-22)21-16(23)13-10-17(13)4-7-19-8-5-17/h1-2,6,12-13,19H,3-5,7-11H2,(H,21,23). The van der Waals surface area contributed by atoms with Crippen molar-refractivity contribution in [1.29, 1.82) is 0 Å². The van der Waals surface area contributed by atoms with Gasteiger partial charge in [-0.3, -0.25) is 4.79 Å². The fraction of sp³-hybridized carbons (Fsp3) is 0.647. The molecule has 0 aromatic carbocycles. The van der Waals surface area contributed by atoms with Gasteiger partial charge in [0.25, 0.3) is 0 Å². The molecule has 2 unspecified atom stereocenters. The van der Waals surface area contributed by atoms with Gasteiger partial charge >= 0.3 is 0 Å². The summed E-state index contributed by atoms with van der Waals surface area (Å²) in [5.41, 5.74) is 0.303. The molecule has 2 saturated heterocycles. The fourth-order valence-electron chi connectivity index (χ4n) is 4.18. The molecular formula is C17H23ClN4O. The molecule has 3 aliphatic rings. The minimum absolute atomic E-state index is 0.208. The lowest BCUT2D eigenvalue weighted by molar-refractivity contribution is -0.123. The van der Waals surface area contributed by atoms with Crippen LogP contribution in [-0.2, 0) is 4.79 Å². The van der Waals surface area contributed by atoms with E-state index < -0.39 is 0 Å². The second-order valence-corrected chi connectivity index (χ2v) is 7.53. The van der Waals surface area contributed by atoms with E-state index in [9.17, 15) is 4.79 Å². The zero-order valence-corrected chi connectivity index (χ0v) is 14.0. The summed E-state index contributed by atoms with van der Waals surface area (Å²) in [4.78, 5) is 19.1. The number of halogens is 1. The number of aromatic nitrogens is 1. The molecule has 5 nitrogen and oxygen atoms in total. The van der Waals surface area contributed by atoms with Gasteiger partial charge in [0, 0.05) is 31.2 Å². The van der Waals surface area contributed by atoms with Gasteiger partial charge in [-0.2, -0.15) is 0 Å². The molecule has 23 heavy (non-hydrogen) atoms. The molecule has 3 heterocycles. The number of piperidine rings is 1. The first kappa shape index (κ1) is 15.2. The van der Waals surface area contributed by atoms with Crippen molar-refractivity contribution >= 4 is 23.3 Å². The molecule has 4 rings (SSSR count). The Morgan fingerprint density at radius 1 is 1.43 bits per heavy atom. The molecule has 1 aromatic rings. The summed E-state index contributed by atoms with van der Waals surface area (Å²) in [6.07, 6.45) is 6.08. The molecule has 0 bridgehead atoms. The second-order valence-electron chi connectivity index (χ2n) is 7.12. The maximum absolute atomic E-state index is 12.6. The molecule has 3 fully saturated rings. The van der Waals surface area contributed by atoms with Crippen LogP contribution in [0.1, 0.15) is 25.7 Å². The van der Waals surface area contributed by atoms with Gasteiger partial charge in [-0.15, -0.1) is 0 Å². The van der Waals surface area contributed by atoms with Crippen LogP contribution in [0.2, 0.25) is 5.02 Å². The van der Waals surface area contributed by atoms with Crippen LogP contribution in [0.4, 0.5) is 5.82 Å². The van der Waals surface area contributed by atoms with Crippen molar-refractivity contribution in [2.24, 2.45) is 11.3 Å². The molecule has 1 aromatic heterocycles. The third-order valence-corrected chi connectivity index (χ3v) is 5.97. The Labute approximate surface area is 141 Å². The Bertz CT molecular complexity index is 602. The van der Waals surface area contributed by atoms with E-state index in [1.807, 2.05) is 12.1 Å².